The van der Waals surface area contributed by atoms with E-state index in [4.69, 9.17) is 10.2 Å². The maximum atomic E-state index is 10.8. The topological polar surface area (TPSA) is 59.5 Å². The monoisotopic (exact) mass is 258 g/mol. The second-order valence-electron chi connectivity index (χ2n) is 3.55. The van der Waals surface area contributed by atoms with Gasteiger partial charge in [0.15, 0.2) is 4.67 Å². The molecule has 1 fully saturated rings. The number of hydrogen-bond acceptors (Lipinski definition) is 3. The van der Waals surface area contributed by atoms with Crippen LogP contribution in [0.3, 0.4) is 0 Å². The molecule has 14 heavy (non-hydrogen) atoms. The lowest BCUT2D eigenvalue weighted by Gasteiger charge is -2.36. The van der Waals surface area contributed by atoms with Crippen LogP contribution in [0.4, 0.5) is 0 Å². The predicted molar refractivity (Wildman–Crippen MR) is 54.4 cm³/mol. The van der Waals surface area contributed by atoms with Gasteiger partial charge in [-0.1, -0.05) is 0 Å². The number of furan rings is 1. The molecule has 0 saturated carbocycles. The van der Waals surface area contributed by atoms with Gasteiger partial charge in [0.2, 0.25) is 5.91 Å². The van der Waals surface area contributed by atoms with Gasteiger partial charge in [0.25, 0.3) is 0 Å². The summed E-state index contributed by atoms with van der Waals surface area (Å²) in [6.07, 6.45) is 1.71. The quantitative estimate of drug-likeness (QED) is 0.879. The van der Waals surface area contributed by atoms with E-state index in [2.05, 4.69) is 20.8 Å². The fourth-order valence-corrected chi connectivity index (χ4v) is 1.95. The molecule has 0 spiro atoms. The fraction of sp³-hybridized carbons (Fsp3) is 0.444. The molecule has 2 heterocycles. The van der Waals surface area contributed by atoms with E-state index in [0.29, 0.717) is 0 Å². The summed E-state index contributed by atoms with van der Waals surface area (Å²) in [5, 5.41) is 0. The summed E-state index contributed by atoms with van der Waals surface area (Å²) < 4.78 is 5.84. The summed E-state index contributed by atoms with van der Waals surface area (Å²) in [6, 6.07) is 1.93. The Labute approximate surface area is 90.2 Å². The number of likely N-dealkylation sites (tertiary alicyclic amines) is 1. The lowest BCUT2D eigenvalue weighted by Crippen LogP contribution is -2.51. The first-order chi connectivity index (χ1) is 6.65. The van der Waals surface area contributed by atoms with Gasteiger partial charge < -0.3 is 10.2 Å². The van der Waals surface area contributed by atoms with E-state index >= 15 is 0 Å². The summed E-state index contributed by atoms with van der Waals surface area (Å²) >= 11 is 3.24. The first kappa shape index (κ1) is 9.73. The molecule has 0 atom stereocenters. The van der Waals surface area contributed by atoms with Crippen molar-refractivity contribution in [2.45, 2.75) is 6.54 Å². The van der Waals surface area contributed by atoms with Crippen LogP contribution in [-0.4, -0.2) is 23.9 Å². The van der Waals surface area contributed by atoms with Crippen LogP contribution in [-0.2, 0) is 11.3 Å². The van der Waals surface area contributed by atoms with Crippen molar-refractivity contribution in [1.82, 2.24) is 4.90 Å². The van der Waals surface area contributed by atoms with Crippen molar-refractivity contribution in [1.29, 1.82) is 0 Å². The van der Waals surface area contributed by atoms with Gasteiger partial charge in [0.1, 0.15) is 0 Å². The van der Waals surface area contributed by atoms with Gasteiger partial charge in [-0.15, -0.1) is 0 Å². The van der Waals surface area contributed by atoms with E-state index in [1.807, 2.05) is 6.07 Å². The maximum Gasteiger partial charge on any atom is 0.223 e. The van der Waals surface area contributed by atoms with Gasteiger partial charge in [-0.05, 0) is 22.0 Å². The lowest BCUT2D eigenvalue weighted by atomic mass is 9.99. The van der Waals surface area contributed by atoms with Gasteiger partial charge in [0, 0.05) is 25.2 Å². The molecular weight excluding hydrogens is 248 g/mol. The van der Waals surface area contributed by atoms with Crippen molar-refractivity contribution >= 4 is 21.8 Å². The highest BCUT2D eigenvalue weighted by Crippen LogP contribution is 2.21. The van der Waals surface area contributed by atoms with Crippen molar-refractivity contribution in [3.8, 4) is 0 Å². The minimum atomic E-state index is -0.199. The van der Waals surface area contributed by atoms with Gasteiger partial charge in [0.05, 0.1) is 12.2 Å². The third kappa shape index (κ3) is 1.99. The molecule has 0 radical (unpaired) electrons. The van der Waals surface area contributed by atoms with Crippen LogP contribution in [0.1, 0.15) is 5.56 Å². The molecule has 2 rings (SSSR count). The summed E-state index contributed by atoms with van der Waals surface area (Å²) in [5.74, 6) is -0.167. The van der Waals surface area contributed by atoms with E-state index in [9.17, 15) is 4.79 Å². The Balaban J connectivity index is 1.82. The molecule has 0 aromatic carbocycles. The maximum absolute atomic E-state index is 10.8. The largest absolute Gasteiger partial charge is 0.457 e. The van der Waals surface area contributed by atoms with E-state index in [1.54, 1.807) is 6.26 Å². The smallest absolute Gasteiger partial charge is 0.223 e. The molecule has 1 aromatic rings. The molecule has 2 N–H and O–H groups in total. The zero-order chi connectivity index (χ0) is 10.1. The first-order valence-electron chi connectivity index (χ1n) is 4.40. The molecule has 0 bridgehead atoms. The number of hydrogen-bond donors (Lipinski definition) is 1. The molecule has 76 valence electrons. The Morgan fingerprint density at radius 3 is 2.93 bits per heavy atom. The molecule has 1 amide bonds. The first-order valence-corrected chi connectivity index (χ1v) is 5.19. The molecule has 1 aromatic heterocycles. The van der Waals surface area contributed by atoms with E-state index in [-0.39, 0.29) is 11.8 Å². The Hall–Kier alpha value is -0.810. The van der Waals surface area contributed by atoms with E-state index in [0.717, 1.165) is 29.9 Å². The Kier molecular flexibility index (Phi) is 2.60. The molecule has 5 heteroatoms. The number of carbonyl (C=O) groups excluding carboxylic acids is 1. The third-order valence-corrected chi connectivity index (χ3v) is 2.80. The molecule has 0 aliphatic carbocycles. The number of carbonyl (C=O) groups is 1. The van der Waals surface area contributed by atoms with E-state index < -0.39 is 0 Å². The lowest BCUT2D eigenvalue weighted by molar-refractivity contribution is -0.127. The highest BCUT2D eigenvalue weighted by Gasteiger charge is 2.30. The highest BCUT2D eigenvalue weighted by molar-refractivity contribution is 9.10. The standard InChI is InChI=1S/C9H11BrN2O2/c10-8-1-6(5-14-8)2-12-3-7(4-12)9(11)13/h1,5,7H,2-4H2,(H2,11,13). The van der Waals surface area contributed by atoms with Crippen LogP contribution in [0.5, 0.6) is 0 Å². The summed E-state index contributed by atoms with van der Waals surface area (Å²) in [4.78, 5) is 12.9. The van der Waals surface area contributed by atoms with Crippen LogP contribution >= 0.6 is 15.9 Å². The zero-order valence-corrected chi connectivity index (χ0v) is 9.16. The molecule has 1 aliphatic heterocycles. The van der Waals surface area contributed by atoms with Gasteiger partial charge in [-0.25, -0.2) is 0 Å². The second kappa shape index (κ2) is 3.74. The number of halogens is 1. The average Bonchev–Trinajstić information content (AvgIpc) is 2.42. The summed E-state index contributed by atoms with van der Waals surface area (Å²) in [6.45, 7) is 2.34. The van der Waals surface area contributed by atoms with Gasteiger partial charge in [-0.2, -0.15) is 0 Å². The van der Waals surface area contributed by atoms with Crippen LogP contribution in [0.15, 0.2) is 21.4 Å². The zero-order valence-electron chi connectivity index (χ0n) is 7.57. The van der Waals surface area contributed by atoms with Crippen molar-refractivity contribution in [2.24, 2.45) is 11.7 Å². The van der Waals surface area contributed by atoms with Crippen molar-refractivity contribution in [2.75, 3.05) is 13.1 Å². The predicted octanol–water partition coefficient (Wildman–Crippen LogP) is 0.959. The minimum Gasteiger partial charge on any atom is -0.457 e. The molecule has 0 unspecified atom stereocenters. The minimum absolute atomic E-state index is 0.0327. The average molecular weight is 259 g/mol. The van der Waals surface area contributed by atoms with Crippen LogP contribution in [0.2, 0.25) is 0 Å². The van der Waals surface area contributed by atoms with Crippen LogP contribution in [0, 0.1) is 5.92 Å². The van der Waals surface area contributed by atoms with E-state index in [1.165, 1.54) is 0 Å². The van der Waals surface area contributed by atoms with Crippen LogP contribution < -0.4 is 5.73 Å². The van der Waals surface area contributed by atoms with Crippen molar-refractivity contribution in [3.63, 3.8) is 0 Å². The Morgan fingerprint density at radius 1 is 1.71 bits per heavy atom. The number of nitrogens with zero attached hydrogens (tertiary/aromatic N) is 1. The SMILES string of the molecule is NC(=O)C1CN(Cc2coc(Br)c2)C1. The molecule has 1 saturated heterocycles. The molecule has 4 nitrogen and oxygen atoms in total. The van der Waals surface area contributed by atoms with Gasteiger partial charge >= 0.3 is 0 Å². The summed E-state index contributed by atoms with van der Waals surface area (Å²) in [5.41, 5.74) is 6.28. The Morgan fingerprint density at radius 2 is 2.43 bits per heavy atom. The van der Waals surface area contributed by atoms with Crippen molar-refractivity contribution < 1.29 is 9.21 Å². The van der Waals surface area contributed by atoms with Crippen LogP contribution in [0.25, 0.3) is 0 Å². The Bertz CT molecular complexity index is 344. The fourth-order valence-electron chi connectivity index (χ4n) is 1.57. The molecule has 1 aliphatic rings. The van der Waals surface area contributed by atoms with Gasteiger partial charge in [-0.3, -0.25) is 9.69 Å². The number of amides is 1. The summed E-state index contributed by atoms with van der Waals surface area (Å²) in [7, 11) is 0. The number of rotatable bonds is 3. The normalized spacial score (nSPS) is 18.1. The number of primary amides is 1. The molecular formula is C9H11BrN2O2. The van der Waals surface area contributed by atoms with Crippen molar-refractivity contribution in [3.05, 3.63) is 22.6 Å². The second-order valence-corrected chi connectivity index (χ2v) is 4.33. The highest BCUT2D eigenvalue weighted by atomic mass is 79.9. The third-order valence-electron chi connectivity index (χ3n) is 2.39. The number of nitrogens with two attached hydrogens (primary N) is 1.